The molecule has 0 radical (unpaired) electrons. The smallest absolute Gasteiger partial charge is 0.307 e. The number of fused-ring (bicyclic) bond motifs is 1. The number of sulfone groups is 1. The van der Waals surface area contributed by atoms with Gasteiger partial charge in [-0.1, -0.05) is 23.2 Å². The van der Waals surface area contributed by atoms with Crippen molar-refractivity contribution in [2.75, 3.05) is 5.75 Å². The van der Waals surface area contributed by atoms with E-state index in [1.54, 1.807) is 0 Å². The minimum absolute atomic E-state index is 0.0499. The van der Waals surface area contributed by atoms with Crippen LogP contribution in [-0.2, 0) is 16.4 Å². The normalized spacial score (nSPS) is 20.2. The molecular weight excluding hydrogens is 363 g/mol. The van der Waals surface area contributed by atoms with Crippen molar-refractivity contribution in [1.82, 2.24) is 9.55 Å². The van der Waals surface area contributed by atoms with Crippen LogP contribution in [0.5, 0.6) is 0 Å². The van der Waals surface area contributed by atoms with Gasteiger partial charge in [0.1, 0.15) is 0 Å². The molecule has 0 aliphatic carbocycles. The summed E-state index contributed by atoms with van der Waals surface area (Å²) in [6, 6.07) is 2.83. The maximum Gasteiger partial charge on any atom is 0.328 e. The summed E-state index contributed by atoms with van der Waals surface area (Å²) >= 11 is 11.8. The largest absolute Gasteiger partial charge is 0.328 e. The average molecular weight is 377 g/mol. The Balaban J connectivity index is 2.00. The molecular formula is C14H14Cl2N2O4S. The highest BCUT2D eigenvalue weighted by Crippen LogP contribution is 2.25. The van der Waals surface area contributed by atoms with Gasteiger partial charge in [-0.15, -0.1) is 0 Å². The second-order valence-electron chi connectivity index (χ2n) is 5.62. The van der Waals surface area contributed by atoms with Crippen molar-refractivity contribution in [3.63, 3.8) is 0 Å². The van der Waals surface area contributed by atoms with Crippen molar-refractivity contribution in [2.45, 2.75) is 31.1 Å². The topological polar surface area (TPSA) is 89.0 Å². The van der Waals surface area contributed by atoms with E-state index in [-0.39, 0.29) is 34.1 Å². The van der Waals surface area contributed by atoms with E-state index in [2.05, 4.69) is 4.98 Å². The Morgan fingerprint density at radius 1 is 1.22 bits per heavy atom. The first-order valence-electron chi connectivity index (χ1n) is 7.13. The van der Waals surface area contributed by atoms with Gasteiger partial charge in [0.15, 0.2) is 9.84 Å². The number of hydrogen-bond donors (Lipinski definition) is 1. The van der Waals surface area contributed by atoms with Crippen molar-refractivity contribution >= 4 is 43.9 Å². The van der Waals surface area contributed by atoms with Crippen molar-refractivity contribution in [3.05, 3.63) is 43.0 Å². The molecule has 0 amide bonds. The standard InChI is InChI=1S/C14H14Cl2N2O4S/c15-10-6-9-12(7-11(10)16)17-14(20)18(13(9)19)4-3-8-2-1-5-23(8,21)22/h6-8H,1-5H2,(H,17,20). The molecule has 6 nitrogen and oxygen atoms in total. The minimum Gasteiger partial charge on any atom is -0.307 e. The van der Waals surface area contributed by atoms with E-state index in [0.29, 0.717) is 18.4 Å². The minimum atomic E-state index is -3.10. The van der Waals surface area contributed by atoms with E-state index in [1.165, 1.54) is 12.1 Å². The van der Waals surface area contributed by atoms with Crippen LogP contribution in [0, 0.1) is 0 Å². The molecule has 0 saturated carbocycles. The molecule has 23 heavy (non-hydrogen) atoms. The zero-order chi connectivity index (χ0) is 16.8. The fourth-order valence-electron chi connectivity index (χ4n) is 2.91. The average Bonchev–Trinajstić information content (AvgIpc) is 2.80. The number of nitrogens with zero attached hydrogens (tertiary/aromatic N) is 1. The monoisotopic (exact) mass is 376 g/mol. The molecule has 1 aromatic carbocycles. The molecule has 0 bridgehead atoms. The second kappa shape index (κ2) is 5.96. The van der Waals surface area contributed by atoms with Crippen LogP contribution in [0.2, 0.25) is 10.0 Å². The van der Waals surface area contributed by atoms with Crippen LogP contribution in [-0.4, -0.2) is 29.0 Å². The summed E-state index contributed by atoms with van der Waals surface area (Å²) < 4.78 is 24.7. The Hall–Kier alpha value is -1.31. The number of benzene rings is 1. The summed E-state index contributed by atoms with van der Waals surface area (Å²) in [5.41, 5.74) is -0.784. The van der Waals surface area contributed by atoms with Crippen molar-refractivity contribution in [3.8, 4) is 0 Å². The second-order valence-corrected chi connectivity index (χ2v) is 8.83. The molecule has 1 fully saturated rings. The lowest BCUT2D eigenvalue weighted by atomic mass is 10.2. The molecule has 1 saturated heterocycles. The van der Waals surface area contributed by atoms with E-state index in [1.807, 2.05) is 0 Å². The molecule has 2 aromatic rings. The lowest BCUT2D eigenvalue weighted by Gasteiger charge is -2.11. The van der Waals surface area contributed by atoms with Gasteiger partial charge < -0.3 is 4.98 Å². The number of nitrogens with one attached hydrogen (secondary N) is 1. The summed E-state index contributed by atoms with van der Waals surface area (Å²) in [6.45, 7) is 0.0499. The summed E-state index contributed by atoms with van der Waals surface area (Å²) in [5.74, 6) is 0.175. The lowest BCUT2D eigenvalue weighted by molar-refractivity contribution is 0.544. The fraction of sp³-hybridized carbons (Fsp3) is 0.429. The highest BCUT2D eigenvalue weighted by molar-refractivity contribution is 7.92. The van der Waals surface area contributed by atoms with Gasteiger partial charge in [0.25, 0.3) is 5.56 Å². The molecule has 1 aromatic heterocycles. The molecule has 1 atom stereocenters. The summed E-state index contributed by atoms with van der Waals surface area (Å²) in [4.78, 5) is 27.1. The molecule has 124 valence electrons. The van der Waals surface area contributed by atoms with Crippen LogP contribution in [0.3, 0.4) is 0 Å². The Bertz CT molecular complexity index is 994. The fourth-order valence-corrected chi connectivity index (χ4v) is 5.13. The predicted octanol–water partition coefficient (Wildman–Crippen LogP) is 1.96. The Labute approximate surface area is 142 Å². The van der Waals surface area contributed by atoms with Crippen LogP contribution < -0.4 is 11.2 Å². The third-order valence-electron chi connectivity index (χ3n) is 4.16. The summed E-state index contributed by atoms with van der Waals surface area (Å²) in [6.07, 6.45) is 1.45. The van der Waals surface area contributed by atoms with Crippen molar-refractivity contribution < 1.29 is 8.42 Å². The van der Waals surface area contributed by atoms with E-state index < -0.39 is 26.3 Å². The number of aromatic nitrogens is 2. The van der Waals surface area contributed by atoms with E-state index in [9.17, 15) is 18.0 Å². The molecule has 1 aliphatic heterocycles. The van der Waals surface area contributed by atoms with Gasteiger partial charge in [-0.2, -0.15) is 0 Å². The van der Waals surface area contributed by atoms with Crippen LogP contribution >= 0.6 is 23.2 Å². The number of rotatable bonds is 3. The van der Waals surface area contributed by atoms with Gasteiger partial charge in [-0.05, 0) is 31.4 Å². The number of H-pyrrole nitrogens is 1. The molecule has 1 aliphatic rings. The first-order chi connectivity index (χ1) is 10.8. The zero-order valence-corrected chi connectivity index (χ0v) is 14.3. The summed E-state index contributed by atoms with van der Waals surface area (Å²) in [7, 11) is -3.10. The van der Waals surface area contributed by atoms with Crippen LogP contribution in [0.4, 0.5) is 0 Å². The molecule has 0 spiro atoms. The number of halogens is 2. The predicted molar refractivity (Wildman–Crippen MR) is 90.3 cm³/mol. The quantitative estimate of drug-likeness (QED) is 0.886. The van der Waals surface area contributed by atoms with E-state index in [4.69, 9.17) is 23.2 Å². The van der Waals surface area contributed by atoms with Crippen molar-refractivity contribution in [2.24, 2.45) is 0 Å². The van der Waals surface area contributed by atoms with Crippen LogP contribution in [0.1, 0.15) is 19.3 Å². The highest BCUT2D eigenvalue weighted by atomic mass is 35.5. The maximum absolute atomic E-state index is 12.5. The van der Waals surface area contributed by atoms with E-state index in [0.717, 1.165) is 4.57 Å². The third-order valence-corrected chi connectivity index (χ3v) is 7.23. The molecule has 1 unspecified atom stereocenters. The van der Waals surface area contributed by atoms with E-state index >= 15 is 0 Å². The van der Waals surface area contributed by atoms with Gasteiger partial charge in [0.2, 0.25) is 0 Å². The first-order valence-corrected chi connectivity index (χ1v) is 9.60. The zero-order valence-electron chi connectivity index (χ0n) is 12.0. The van der Waals surface area contributed by atoms with Gasteiger partial charge >= 0.3 is 5.69 Å². The number of hydrogen-bond acceptors (Lipinski definition) is 4. The third kappa shape index (κ3) is 3.05. The SMILES string of the molecule is O=c1[nH]c2cc(Cl)c(Cl)cc2c(=O)n1CCC1CCCS1(=O)=O. The van der Waals surface area contributed by atoms with Gasteiger partial charge in [0, 0.05) is 6.54 Å². The lowest BCUT2D eigenvalue weighted by Crippen LogP contribution is -2.36. The van der Waals surface area contributed by atoms with Crippen LogP contribution in [0.25, 0.3) is 10.9 Å². The number of aromatic amines is 1. The molecule has 3 rings (SSSR count). The maximum atomic E-state index is 12.5. The van der Waals surface area contributed by atoms with Gasteiger partial charge in [-0.3, -0.25) is 9.36 Å². The summed E-state index contributed by atoms with van der Waals surface area (Å²) in [5, 5.41) is 0.212. The Morgan fingerprint density at radius 2 is 1.91 bits per heavy atom. The Morgan fingerprint density at radius 3 is 2.57 bits per heavy atom. The molecule has 9 heteroatoms. The Kier molecular flexibility index (Phi) is 4.29. The van der Waals surface area contributed by atoms with Crippen molar-refractivity contribution in [1.29, 1.82) is 0 Å². The highest BCUT2D eigenvalue weighted by Gasteiger charge is 2.31. The molecule has 2 heterocycles. The van der Waals surface area contributed by atoms with Gasteiger partial charge in [-0.25, -0.2) is 13.2 Å². The first kappa shape index (κ1) is 16.5. The van der Waals surface area contributed by atoms with Crippen LogP contribution in [0.15, 0.2) is 21.7 Å². The molecule has 1 N–H and O–H groups in total. The van der Waals surface area contributed by atoms with Gasteiger partial charge in [0.05, 0.1) is 32.0 Å².